The van der Waals surface area contributed by atoms with Gasteiger partial charge in [0.2, 0.25) is 0 Å². The zero-order chi connectivity index (χ0) is 16.0. The van der Waals surface area contributed by atoms with Gasteiger partial charge in [-0.05, 0) is 25.5 Å². The van der Waals surface area contributed by atoms with E-state index in [9.17, 15) is 19.5 Å². The van der Waals surface area contributed by atoms with Crippen LogP contribution in [-0.2, 0) is 14.3 Å². The van der Waals surface area contributed by atoms with Crippen LogP contribution in [0.1, 0.15) is 30.6 Å². The lowest BCUT2D eigenvalue weighted by molar-refractivity contribution is -0.159. The number of aldehydes is 1. The molecule has 0 fully saturated rings. The molecule has 0 saturated carbocycles. The highest BCUT2D eigenvalue weighted by Crippen LogP contribution is 2.29. The lowest BCUT2D eigenvalue weighted by Gasteiger charge is -2.16. The fourth-order valence-corrected chi connectivity index (χ4v) is 1.44. The van der Waals surface area contributed by atoms with E-state index in [4.69, 9.17) is 9.47 Å². The molecule has 0 aliphatic carbocycles. The van der Waals surface area contributed by atoms with Crippen LogP contribution >= 0.6 is 0 Å². The maximum atomic E-state index is 12.0. The summed E-state index contributed by atoms with van der Waals surface area (Å²) in [5.74, 6) is -2.21. The number of aromatic hydroxyl groups is 1. The van der Waals surface area contributed by atoms with Gasteiger partial charge in [-0.25, -0.2) is 9.59 Å². The van der Waals surface area contributed by atoms with Crippen LogP contribution in [0, 0.1) is 0 Å². The smallest absolute Gasteiger partial charge is 0.352 e. The third-order valence-electron chi connectivity index (χ3n) is 2.59. The molecule has 1 unspecified atom stereocenters. The minimum absolute atomic E-state index is 0.0180. The van der Waals surface area contributed by atoms with Crippen molar-refractivity contribution < 1.29 is 29.0 Å². The summed E-state index contributed by atoms with van der Waals surface area (Å²) in [5, 5.41) is 9.64. The molecule has 0 bridgehead atoms. The van der Waals surface area contributed by atoms with E-state index in [1.807, 2.05) is 0 Å². The standard InChI is InChI=1S/C15H16O6/c1-4-12(20-14(18)9(2)3)15(19)21-13-10(8-16)6-5-7-11(13)17/h5-8,12,17H,2,4H2,1,3H3. The minimum atomic E-state index is -1.15. The summed E-state index contributed by atoms with van der Waals surface area (Å²) in [4.78, 5) is 34.3. The van der Waals surface area contributed by atoms with E-state index in [0.717, 1.165) is 0 Å². The van der Waals surface area contributed by atoms with Gasteiger partial charge < -0.3 is 14.6 Å². The molecule has 0 heterocycles. The van der Waals surface area contributed by atoms with Crippen molar-refractivity contribution in [1.29, 1.82) is 0 Å². The van der Waals surface area contributed by atoms with Gasteiger partial charge in [-0.1, -0.05) is 19.6 Å². The van der Waals surface area contributed by atoms with Crippen LogP contribution in [0.5, 0.6) is 11.5 Å². The molecule has 6 heteroatoms. The fraction of sp³-hybridized carbons (Fsp3) is 0.267. The van der Waals surface area contributed by atoms with Crippen molar-refractivity contribution in [3.8, 4) is 11.5 Å². The highest BCUT2D eigenvalue weighted by Gasteiger charge is 2.25. The first-order valence-electron chi connectivity index (χ1n) is 6.26. The van der Waals surface area contributed by atoms with Crippen LogP contribution in [0.25, 0.3) is 0 Å². The summed E-state index contributed by atoms with van der Waals surface area (Å²) in [5.41, 5.74) is 0.168. The van der Waals surface area contributed by atoms with Crippen molar-refractivity contribution in [2.24, 2.45) is 0 Å². The maximum Gasteiger partial charge on any atom is 0.352 e. The van der Waals surface area contributed by atoms with E-state index in [1.165, 1.54) is 25.1 Å². The van der Waals surface area contributed by atoms with Crippen LogP contribution in [0.15, 0.2) is 30.4 Å². The molecule has 1 aromatic carbocycles. The summed E-state index contributed by atoms with van der Waals surface area (Å²) in [6.07, 6.45) is -0.515. The Bertz CT molecular complexity index is 576. The Morgan fingerprint density at radius 1 is 1.43 bits per heavy atom. The Labute approximate surface area is 122 Å². The van der Waals surface area contributed by atoms with E-state index in [-0.39, 0.29) is 29.1 Å². The molecule has 6 nitrogen and oxygen atoms in total. The molecule has 1 aromatic rings. The summed E-state index contributed by atoms with van der Waals surface area (Å²) in [6, 6.07) is 4.10. The number of ether oxygens (including phenoxy) is 2. The lowest BCUT2D eigenvalue weighted by atomic mass is 10.2. The molecule has 0 amide bonds. The number of hydrogen-bond acceptors (Lipinski definition) is 6. The first-order valence-corrected chi connectivity index (χ1v) is 6.26. The van der Waals surface area contributed by atoms with Crippen molar-refractivity contribution >= 4 is 18.2 Å². The molecule has 0 aromatic heterocycles. The van der Waals surface area contributed by atoms with Crippen LogP contribution < -0.4 is 4.74 Å². The lowest BCUT2D eigenvalue weighted by Crippen LogP contribution is -2.31. The van der Waals surface area contributed by atoms with Gasteiger partial charge in [0.05, 0.1) is 5.56 Å². The minimum Gasteiger partial charge on any atom is -0.504 e. The second kappa shape index (κ2) is 7.23. The Balaban J connectivity index is 2.91. The molecule has 0 radical (unpaired) electrons. The number of hydrogen-bond donors (Lipinski definition) is 1. The molecular weight excluding hydrogens is 276 g/mol. The highest BCUT2D eigenvalue weighted by molar-refractivity contribution is 5.90. The summed E-state index contributed by atoms with van der Waals surface area (Å²) >= 11 is 0. The maximum absolute atomic E-state index is 12.0. The molecule has 1 atom stereocenters. The summed E-state index contributed by atoms with van der Waals surface area (Å²) in [7, 11) is 0. The predicted octanol–water partition coefficient (Wildman–Crippen LogP) is 2.01. The number of esters is 2. The zero-order valence-electron chi connectivity index (χ0n) is 11.8. The Kier molecular flexibility index (Phi) is 5.66. The first-order chi connectivity index (χ1) is 9.90. The van der Waals surface area contributed by atoms with E-state index >= 15 is 0 Å². The third-order valence-corrected chi connectivity index (χ3v) is 2.59. The van der Waals surface area contributed by atoms with Gasteiger partial charge in [0, 0.05) is 5.57 Å². The van der Waals surface area contributed by atoms with Crippen molar-refractivity contribution in [3.05, 3.63) is 35.9 Å². The molecule has 0 spiro atoms. The largest absolute Gasteiger partial charge is 0.504 e. The second-order valence-corrected chi connectivity index (χ2v) is 4.32. The van der Waals surface area contributed by atoms with Gasteiger partial charge in [-0.15, -0.1) is 0 Å². The fourth-order valence-electron chi connectivity index (χ4n) is 1.44. The Morgan fingerprint density at radius 2 is 2.10 bits per heavy atom. The van der Waals surface area contributed by atoms with E-state index in [1.54, 1.807) is 6.92 Å². The molecule has 0 saturated heterocycles. The number of phenols is 1. The summed E-state index contributed by atoms with van der Waals surface area (Å²) < 4.78 is 9.90. The first kappa shape index (κ1) is 16.4. The van der Waals surface area contributed by atoms with Crippen LogP contribution in [0.4, 0.5) is 0 Å². The molecule has 0 aliphatic heterocycles. The average molecular weight is 292 g/mol. The van der Waals surface area contributed by atoms with E-state index in [2.05, 4.69) is 6.58 Å². The zero-order valence-corrected chi connectivity index (χ0v) is 11.8. The molecule has 21 heavy (non-hydrogen) atoms. The summed E-state index contributed by atoms with van der Waals surface area (Å²) in [6.45, 7) is 6.49. The quantitative estimate of drug-likeness (QED) is 0.373. The van der Waals surface area contributed by atoms with Gasteiger partial charge in [0.25, 0.3) is 0 Å². The second-order valence-electron chi connectivity index (χ2n) is 4.32. The van der Waals surface area contributed by atoms with Crippen molar-refractivity contribution in [2.45, 2.75) is 26.4 Å². The van der Waals surface area contributed by atoms with Crippen LogP contribution in [-0.4, -0.2) is 29.4 Å². The van der Waals surface area contributed by atoms with Crippen LogP contribution in [0.2, 0.25) is 0 Å². The topological polar surface area (TPSA) is 89.9 Å². The van der Waals surface area contributed by atoms with Gasteiger partial charge >= 0.3 is 11.9 Å². The third kappa shape index (κ3) is 4.17. The average Bonchev–Trinajstić information content (AvgIpc) is 2.46. The van der Waals surface area contributed by atoms with Gasteiger partial charge in [-0.2, -0.15) is 0 Å². The van der Waals surface area contributed by atoms with E-state index in [0.29, 0.717) is 6.29 Å². The molecule has 1 rings (SSSR count). The number of phenolic OH excluding ortho intramolecular Hbond substituents is 1. The number of rotatable bonds is 6. The van der Waals surface area contributed by atoms with Gasteiger partial charge in [0.1, 0.15) is 0 Å². The number of para-hydroxylation sites is 1. The monoisotopic (exact) mass is 292 g/mol. The molecular formula is C15H16O6. The van der Waals surface area contributed by atoms with Gasteiger partial charge in [-0.3, -0.25) is 4.79 Å². The highest BCUT2D eigenvalue weighted by atomic mass is 16.6. The molecule has 112 valence electrons. The predicted molar refractivity (Wildman–Crippen MR) is 74.1 cm³/mol. The molecule has 1 N–H and O–H groups in total. The van der Waals surface area contributed by atoms with E-state index < -0.39 is 18.0 Å². The van der Waals surface area contributed by atoms with Crippen molar-refractivity contribution in [3.63, 3.8) is 0 Å². The number of carbonyl (C=O) groups is 3. The van der Waals surface area contributed by atoms with Crippen LogP contribution in [0.3, 0.4) is 0 Å². The SMILES string of the molecule is C=C(C)C(=O)OC(CC)C(=O)Oc1c(O)cccc1C=O. The number of benzene rings is 1. The van der Waals surface area contributed by atoms with Crippen molar-refractivity contribution in [1.82, 2.24) is 0 Å². The normalized spacial score (nSPS) is 11.3. The number of carbonyl (C=O) groups excluding carboxylic acids is 3. The van der Waals surface area contributed by atoms with Crippen molar-refractivity contribution in [2.75, 3.05) is 0 Å². The molecule has 0 aliphatic rings. The van der Waals surface area contributed by atoms with Gasteiger partial charge in [0.15, 0.2) is 23.9 Å². The Morgan fingerprint density at radius 3 is 2.62 bits per heavy atom. The Hall–Kier alpha value is -2.63.